The number of H-pyrrole nitrogens is 1. The van der Waals surface area contributed by atoms with Crippen LogP contribution in [0.5, 0.6) is 5.75 Å². The first-order valence-corrected chi connectivity index (χ1v) is 15.3. The van der Waals surface area contributed by atoms with Crippen molar-refractivity contribution in [2.75, 3.05) is 13.2 Å². The molecule has 7 rings (SSSR count). The van der Waals surface area contributed by atoms with E-state index in [2.05, 4.69) is 56.8 Å². The van der Waals surface area contributed by atoms with E-state index in [4.69, 9.17) is 9.47 Å². The fraction of sp³-hybridized carbons (Fsp3) is 0.375. The number of aromatic amines is 1. The van der Waals surface area contributed by atoms with Gasteiger partial charge in [0.2, 0.25) is 5.56 Å². The van der Waals surface area contributed by atoms with Gasteiger partial charge in [0.15, 0.2) is 0 Å². The molecule has 1 N–H and O–H groups in total. The van der Waals surface area contributed by atoms with E-state index in [9.17, 15) is 9.59 Å². The highest BCUT2D eigenvalue weighted by Gasteiger charge is 2.48. The molecule has 216 valence electrons. The molecule has 2 aromatic carbocycles. The van der Waals surface area contributed by atoms with Crippen LogP contribution in [0.15, 0.2) is 52.6 Å². The number of aromatic nitrogens is 4. The lowest BCUT2D eigenvalue weighted by atomic mass is 9.84. The third kappa shape index (κ3) is 4.88. The second kappa shape index (κ2) is 10.4. The Kier molecular flexibility index (Phi) is 6.62. The number of rotatable bonds is 7. The van der Waals surface area contributed by atoms with Crippen molar-refractivity contribution in [3.8, 4) is 5.75 Å². The van der Waals surface area contributed by atoms with Gasteiger partial charge in [-0.05, 0) is 84.0 Å². The quantitative estimate of drug-likeness (QED) is 0.263. The number of carbonyl (C=O) groups is 1. The van der Waals surface area contributed by atoms with E-state index in [0.717, 1.165) is 63.9 Å². The maximum absolute atomic E-state index is 13.0. The number of pyridine rings is 1. The number of fused-ring (bicyclic) bond motifs is 3. The van der Waals surface area contributed by atoms with Crippen LogP contribution in [0.25, 0.3) is 21.1 Å². The number of carbonyl (C=O) groups excluding carboxylic acids is 1. The molecule has 0 saturated heterocycles. The molecule has 0 radical (unpaired) electrons. The van der Waals surface area contributed by atoms with Crippen molar-refractivity contribution in [3.05, 3.63) is 86.1 Å². The number of nitrogens with one attached hydrogen (secondary N) is 1. The number of hydrogen-bond acceptors (Lipinski definition) is 8. The third-order valence-corrected chi connectivity index (χ3v) is 9.57. The fourth-order valence-electron chi connectivity index (χ4n) is 6.34. The lowest BCUT2D eigenvalue weighted by molar-refractivity contribution is -0.143. The maximum atomic E-state index is 13.0. The summed E-state index contributed by atoms with van der Waals surface area (Å²) in [6, 6.07) is 14.1. The van der Waals surface area contributed by atoms with Gasteiger partial charge in [0.05, 0.1) is 24.2 Å². The largest absolute Gasteiger partial charge is 0.484 e. The van der Waals surface area contributed by atoms with E-state index >= 15 is 0 Å². The Morgan fingerprint density at radius 2 is 2.07 bits per heavy atom. The van der Waals surface area contributed by atoms with Gasteiger partial charge in [0, 0.05) is 43.4 Å². The third-order valence-electron chi connectivity index (χ3n) is 8.56. The van der Waals surface area contributed by atoms with E-state index in [1.54, 1.807) is 22.1 Å². The van der Waals surface area contributed by atoms with E-state index in [1.807, 2.05) is 20.0 Å². The highest BCUT2D eigenvalue weighted by Crippen LogP contribution is 2.44. The average molecular weight is 584 g/mol. The van der Waals surface area contributed by atoms with Crippen LogP contribution in [0.3, 0.4) is 0 Å². The predicted molar refractivity (Wildman–Crippen MR) is 162 cm³/mol. The van der Waals surface area contributed by atoms with Crippen LogP contribution in [0.2, 0.25) is 0 Å². The van der Waals surface area contributed by atoms with E-state index in [1.165, 1.54) is 16.3 Å². The molecule has 0 unspecified atom stereocenters. The monoisotopic (exact) mass is 583 g/mol. The van der Waals surface area contributed by atoms with Crippen molar-refractivity contribution < 1.29 is 14.3 Å². The zero-order valence-corrected chi connectivity index (χ0v) is 24.8. The first kappa shape index (κ1) is 26.9. The van der Waals surface area contributed by atoms with Crippen molar-refractivity contribution in [1.29, 1.82) is 0 Å². The molecule has 1 aliphatic carbocycles. The van der Waals surface area contributed by atoms with Crippen molar-refractivity contribution in [3.63, 3.8) is 0 Å². The van der Waals surface area contributed by atoms with Crippen LogP contribution < -0.4 is 10.3 Å². The molecule has 1 aliphatic heterocycles. The highest BCUT2D eigenvalue weighted by molar-refractivity contribution is 7.17. The highest BCUT2D eigenvalue weighted by atomic mass is 32.1. The Hall–Kier alpha value is -4.02. The molecule has 4 heterocycles. The standard InChI is InChI=1S/C32H33N5O4S/c1-4-40-29(39)15-24(23-5-6-26-30(19(23)2)34-35-36(26)3)21-13-20-9-12-42-31(20)22(14-21)16-37-17-25-27(7-8-28(38)33-25)41-32(18-37)10-11-32/h5-9,12-14,24H,4,10-11,15-18H2,1-3H3,(H,33,38)/t24-/m1/s1. The second-order valence-electron chi connectivity index (χ2n) is 11.5. The van der Waals surface area contributed by atoms with E-state index < -0.39 is 0 Å². The first-order chi connectivity index (χ1) is 20.3. The number of ether oxygens (including phenoxy) is 2. The number of nitrogens with zero attached hydrogens (tertiary/aromatic N) is 4. The summed E-state index contributed by atoms with van der Waals surface area (Å²) in [7, 11) is 1.88. The molecule has 2 aliphatic rings. The molecule has 1 atom stereocenters. The number of thiophene rings is 1. The summed E-state index contributed by atoms with van der Waals surface area (Å²) in [6.07, 6.45) is 2.23. The van der Waals surface area contributed by atoms with Gasteiger partial charge in [-0.1, -0.05) is 17.3 Å². The van der Waals surface area contributed by atoms with Gasteiger partial charge in [0.25, 0.3) is 0 Å². The molecule has 10 heteroatoms. The van der Waals surface area contributed by atoms with Crippen molar-refractivity contribution in [2.24, 2.45) is 7.05 Å². The molecule has 1 fully saturated rings. The Morgan fingerprint density at radius 1 is 1.21 bits per heavy atom. The number of benzene rings is 2. The molecule has 0 bridgehead atoms. The van der Waals surface area contributed by atoms with E-state index in [-0.39, 0.29) is 29.5 Å². The smallest absolute Gasteiger partial charge is 0.306 e. The Bertz CT molecular complexity index is 1890. The summed E-state index contributed by atoms with van der Waals surface area (Å²) in [5, 5.41) is 11.9. The zero-order valence-electron chi connectivity index (χ0n) is 24.0. The van der Waals surface area contributed by atoms with Crippen molar-refractivity contribution >= 4 is 38.4 Å². The van der Waals surface area contributed by atoms with Crippen LogP contribution in [-0.4, -0.2) is 49.6 Å². The maximum Gasteiger partial charge on any atom is 0.306 e. The summed E-state index contributed by atoms with van der Waals surface area (Å²) in [5.41, 5.74) is 6.61. The van der Waals surface area contributed by atoms with Crippen LogP contribution in [0.4, 0.5) is 0 Å². The molecule has 3 aromatic heterocycles. The van der Waals surface area contributed by atoms with Crippen LogP contribution in [-0.2, 0) is 29.7 Å². The SMILES string of the molecule is CCOC(=O)C[C@H](c1cc(CN2Cc3[nH]c(=O)ccc3OC3(CC3)C2)c2sccc2c1)c1ccc2c(nnn2C)c1C. The Balaban J connectivity index is 1.30. The molecule has 42 heavy (non-hydrogen) atoms. The molecule has 1 saturated carbocycles. The number of hydrogen-bond donors (Lipinski definition) is 1. The fourth-order valence-corrected chi connectivity index (χ4v) is 7.23. The van der Waals surface area contributed by atoms with Gasteiger partial charge in [0.1, 0.15) is 16.9 Å². The number of aryl methyl sites for hydroxylation is 2. The summed E-state index contributed by atoms with van der Waals surface area (Å²) in [4.78, 5) is 30.5. The average Bonchev–Trinajstić information content (AvgIpc) is 3.38. The second-order valence-corrected chi connectivity index (χ2v) is 12.5. The summed E-state index contributed by atoms with van der Waals surface area (Å²) in [6.45, 7) is 6.31. The zero-order chi connectivity index (χ0) is 29.0. The van der Waals surface area contributed by atoms with Crippen LogP contribution in [0, 0.1) is 6.92 Å². The molecular formula is C32H33N5O4S. The predicted octanol–water partition coefficient (Wildman–Crippen LogP) is 5.19. The minimum atomic E-state index is -0.228. The summed E-state index contributed by atoms with van der Waals surface area (Å²) in [5.74, 6) is 0.334. The van der Waals surface area contributed by atoms with Crippen LogP contribution >= 0.6 is 11.3 Å². The molecule has 5 aromatic rings. The molecule has 9 nitrogen and oxygen atoms in total. The normalized spacial score (nSPS) is 16.7. The first-order valence-electron chi connectivity index (χ1n) is 14.4. The lowest BCUT2D eigenvalue weighted by Crippen LogP contribution is -2.34. The minimum Gasteiger partial charge on any atom is -0.484 e. The van der Waals surface area contributed by atoms with Gasteiger partial charge in [-0.15, -0.1) is 16.4 Å². The minimum absolute atomic E-state index is 0.121. The Labute approximate surface area is 247 Å². The molecular weight excluding hydrogens is 550 g/mol. The topological polar surface area (TPSA) is 102 Å². The lowest BCUT2D eigenvalue weighted by Gasteiger charge is -2.25. The number of esters is 1. The summed E-state index contributed by atoms with van der Waals surface area (Å²) >= 11 is 1.73. The van der Waals surface area contributed by atoms with Gasteiger partial charge in [-0.25, -0.2) is 4.68 Å². The van der Waals surface area contributed by atoms with Gasteiger partial charge in [-0.3, -0.25) is 14.5 Å². The van der Waals surface area contributed by atoms with Gasteiger partial charge < -0.3 is 14.5 Å². The molecule has 1 spiro atoms. The van der Waals surface area contributed by atoms with Crippen molar-refractivity contribution in [1.82, 2.24) is 24.9 Å². The van der Waals surface area contributed by atoms with E-state index in [0.29, 0.717) is 19.7 Å². The Morgan fingerprint density at radius 3 is 2.88 bits per heavy atom. The van der Waals surface area contributed by atoms with Gasteiger partial charge in [-0.2, -0.15) is 0 Å². The van der Waals surface area contributed by atoms with Crippen LogP contribution in [0.1, 0.15) is 60.1 Å². The summed E-state index contributed by atoms with van der Waals surface area (Å²) < 4.78 is 14.8. The van der Waals surface area contributed by atoms with Crippen molar-refractivity contribution in [2.45, 2.75) is 57.7 Å². The van der Waals surface area contributed by atoms with Gasteiger partial charge >= 0.3 is 5.97 Å². The molecule has 0 amide bonds.